The summed E-state index contributed by atoms with van der Waals surface area (Å²) in [7, 11) is 0. The van der Waals surface area contributed by atoms with E-state index in [2.05, 4.69) is 24.0 Å². The Kier molecular flexibility index (Phi) is 2.46. The molecule has 0 amide bonds. The summed E-state index contributed by atoms with van der Waals surface area (Å²) in [5, 5.41) is 5.97. The van der Waals surface area contributed by atoms with Crippen molar-refractivity contribution >= 4 is 0 Å². The topological polar surface area (TPSA) is 50.7 Å². The van der Waals surface area contributed by atoms with Gasteiger partial charge in [0.15, 0.2) is 0 Å². The number of hydrogen-bond acceptors (Lipinski definition) is 2. The number of H-pyrrole nitrogens is 1. The Morgan fingerprint density at radius 2 is 2.45 bits per heavy atom. The molecule has 0 saturated heterocycles. The molecule has 0 bridgehead atoms. The Morgan fingerprint density at radius 3 is 2.91 bits per heavy atom. The van der Waals surface area contributed by atoms with Gasteiger partial charge in [0.05, 0.1) is 0 Å². The smallest absolute Gasteiger partial charge is 0.282 e. The molecule has 1 N–H and O–H groups in total. The fourth-order valence-electron chi connectivity index (χ4n) is 0.827. The third-order valence-electron chi connectivity index (χ3n) is 1.57. The average molecular weight is 155 g/mol. The monoisotopic (exact) mass is 155 g/mol. The molecule has 0 atom stereocenters. The van der Waals surface area contributed by atoms with E-state index in [1.807, 2.05) is 0 Å². The molecule has 0 aliphatic heterocycles. The second-order valence-electron chi connectivity index (χ2n) is 3.04. The predicted octanol–water partition coefficient (Wildman–Crippen LogP) is 0.617. The first kappa shape index (κ1) is 8.04. The lowest BCUT2D eigenvalue weighted by Crippen LogP contribution is -2.16. The summed E-state index contributed by atoms with van der Waals surface area (Å²) < 4.78 is 1.58. The summed E-state index contributed by atoms with van der Waals surface area (Å²) in [4.78, 5) is 10.9. The van der Waals surface area contributed by atoms with Crippen molar-refractivity contribution in [3.05, 3.63) is 16.8 Å². The highest BCUT2D eigenvalue weighted by Gasteiger charge is 1.97. The largest absolute Gasteiger partial charge is 0.343 e. The fourth-order valence-corrected chi connectivity index (χ4v) is 0.827. The van der Waals surface area contributed by atoms with E-state index in [9.17, 15) is 4.79 Å². The van der Waals surface area contributed by atoms with Crippen LogP contribution in [0.5, 0.6) is 0 Å². The minimum atomic E-state index is -0.120. The molecule has 0 spiro atoms. The SMILES string of the molecule is CC(C)CCn1cn[nH]c1=O. The van der Waals surface area contributed by atoms with Crippen LogP contribution in [0.1, 0.15) is 20.3 Å². The van der Waals surface area contributed by atoms with Crippen LogP contribution in [0.3, 0.4) is 0 Å². The summed E-state index contributed by atoms with van der Waals surface area (Å²) in [5.74, 6) is 0.622. The number of aryl methyl sites for hydroxylation is 1. The molecule has 1 aromatic heterocycles. The first-order chi connectivity index (χ1) is 5.20. The van der Waals surface area contributed by atoms with Gasteiger partial charge in [-0.1, -0.05) is 13.8 Å². The van der Waals surface area contributed by atoms with Crippen LogP contribution in [0.2, 0.25) is 0 Å². The first-order valence-corrected chi connectivity index (χ1v) is 3.80. The van der Waals surface area contributed by atoms with E-state index in [1.54, 1.807) is 4.57 Å². The van der Waals surface area contributed by atoms with Crippen molar-refractivity contribution in [3.8, 4) is 0 Å². The second kappa shape index (κ2) is 3.37. The molecule has 0 saturated carbocycles. The van der Waals surface area contributed by atoms with E-state index in [1.165, 1.54) is 6.33 Å². The highest BCUT2D eigenvalue weighted by Crippen LogP contribution is 1.99. The molecule has 0 radical (unpaired) electrons. The van der Waals surface area contributed by atoms with E-state index < -0.39 is 0 Å². The van der Waals surface area contributed by atoms with E-state index >= 15 is 0 Å². The third-order valence-corrected chi connectivity index (χ3v) is 1.57. The van der Waals surface area contributed by atoms with Crippen LogP contribution in [0, 0.1) is 5.92 Å². The molecule has 4 heteroatoms. The molecule has 0 fully saturated rings. The van der Waals surface area contributed by atoms with Crippen molar-refractivity contribution in [1.82, 2.24) is 14.8 Å². The molecule has 0 aliphatic rings. The molecule has 0 aliphatic carbocycles. The van der Waals surface area contributed by atoms with Gasteiger partial charge in [-0.3, -0.25) is 4.57 Å². The van der Waals surface area contributed by atoms with Crippen LogP contribution < -0.4 is 5.69 Å². The van der Waals surface area contributed by atoms with Gasteiger partial charge < -0.3 is 0 Å². The molecule has 1 rings (SSSR count). The zero-order valence-electron chi connectivity index (χ0n) is 6.87. The van der Waals surface area contributed by atoms with Crippen LogP contribution in [0.25, 0.3) is 0 Å². The normalized spacial score (nSPS) is 10.8. The van der Waals surface area contributed by atoms with Gasteiger partial charge in [0.2, 0.25) is 0 Å². The van der Waals surface area contributed by atoms with Gasteiger partial charge in [-0.05, 0) is 12.3 Å². The van der Waals surface area contributed by atoms with Crippen molar-refractivity contribution in [2.24, 2.45) is 5.92 Å². The Balaban J connectivity index is 2.51. The zero-order chi connectivity index (χ0) is 8.27. The minimum Gasteiger partial charge on any atom is -0.282 e. The van der Waals surface area contributed by atoms with Crippen molar-refractivity contribution < 1.29 is 0 Å². The quantitative estimate of drug-likeness (QED) is 0.695. The molecular weight excluding hydrogens is 142 g/mol. The fraction of sp³-hybridized carbons (Fsp3) is 0.714. The summed E-state index contributed by atoms with van der Waals surface area (Å²) >= 11 is 0. The molecule has 11 heavy (non-hydrogen) atoms. The third kappa shape index (κ3) is 2.22. The Hall–Kier alpha value is -1.06. The summed E-state index contributed by atoms with van der Waals surface area (Å²) in [6.45, 7) is 5.02. The van der Waals surface area contributed by atoms with Crippen LogP contribution in [0.15, 0.2) is 11.1 Å². The number of nitrogens with zero attached hydrogens (tertiary/aromatic N) is 2. The lowest BCUT2D eigenvalue weighted by Gasteiger charge is -2.02. The summed E-state index contributed by atoms with van der Waals surface area (Å²) in [6.07, 6.45) is 2.55. The maximum Gasteiger partial charge on any atom is 0.343 e. The second-order valence-corrected chi connectivity index (χ2v) is 3.04. The van der Waals surface area contributed by atoms with Crippen molar-refractivity contribution in [2.45, 2.75) is 26.8 Å². The number of aromatic nitrogens is 3. The minimum absolute atomic E-state index is 0.120. The zero-order valence-corrected chi connectivity index (χ0v) is 6.87. The van der Waals surface area contributed by atoms with Crippen LogP contribution in [0.4, 0.5) is 0 Å². The van der Waals surface area contributed by atoms with E-state index in [0.717, 1.165) is 13.0 Å². The van der Waals surface area contributed by atoms with Crippen LogP contribution in [-0.2, 0) is 6.54 Å². The van der Waals surface area contributed by atoms with Crippen LogP contribution in [-0.4, -0.2) is 14.8 Å². The standard InChI is InChI=1S/C7H13N3O/c1-6(2)3-4-10-5-8-9-7(10)11/h5-6H,3-4H2,1-2H3,(H,9,11). The van der Waals surface area contributed by atoms with Gasteiger partial charge in [-0.15, -0.1) is 0 Å². The maximum atomic E-state index is 10.9. The number of aromatic amines is 1. The Bertz CT molecular complexity index is 261. The lowest BCUT2D eigenvalue weighted by molar-refractivity contribution is 0.508. The number of rotatable bonds is 3. The molecule has 4 nitrogen and oxygen atoms in total. The number of hydrogen-bond donors (Lipinski definition) is 1. The predicted molar refractivity (Wildman–Crippen MR) is 42.3 cm³/mol. The Morgan fingerprint density at radius 1 is 1.73 bits per heavy atom. The van der Waals surface area contributed by atoms with Crippen molar-refractivity contribution in [2.75, 3.05) is 0 Å². The molecule has 62 valence electrons. The van der Waals surface area contributed by atoms with E-state index in [0.29, 0.717) is 5.92 Å². The summed E-state index contributed by atoms with van der Waals surface area (Å²) in [6, 6.07) is 0. The van der Waals surface area contributed by atoms with Gasteiger partial charge in [0.25, 0.3) is 0 Å². The first-order valence-electron chi connectivity index (χ1n) is 3.80. The van der Waals surface area contributed by atoms with E-state index in [4.69, 9.17) is 0 Å². The van der Waals surface area contributed by atoms with Crippen LogP contribution >= 0.6 is 0 Å². The average Bonchev–Trinajstić information content (AvgIpc) is 2.31. The lowest BCUT2D eigenvalue weighted by atomic mass is 10.1. The highest BCUT2D eigenvalue weighted by atomic mass is 16.1. The van der Waals surface area contributed by atoms with Gasteiger partial charge in [-0.25, -0.2) is 9.89 Å². The van der Waals surface area contributed by atoms with E-state index in [-0.39, 0.29) is 5.69 Å². The van der Waals surface area contributed by atoms with Gasteiger partial charge in [-0.2, -0.15) is 5.10 Å². The summed E-state index contributed by atoms with van der Waals surface area (Å²) in [5.41, 5.74) is -0.120. The number of nitrogens with one attached hydrogen (secondary N) is 1. The van der Waals surface area contributed by atoms with Gasteiger partial charge in [0.1, 0.15) is 6.33 Å². The van der Waals surface area contributed by atoms with Crippen molar-refractivity contribution in [1.29, 1.82) is 0 Å². The molecule has 0 aromatic carbocycles. The highest BCUT2D eigenvalue weighted by molar-refractivity contribution is 4.63. The van der Waals surface area contributed by atoms with Gasteiger partial charge >= 0.3 is 5.69 Å². The van der Waals surface area contributed by atoms with Crippen molar-refractivity contribution in [3.63, 3.8) is 0 Å². The molecule has 1 aromatic rings. The molecule has 1 heterocycles. The Labute approximate surface area is 65.2 Å². The molecule has 0 unspecified atom stereocenters. The molecular formula is C7H13N3O. The maximum absolute atomic E-state index is 10.9. The van der Waals surface area contributed by atoms with Gasteiger partial charge in [0, 0.05) is 6.54 Å².